The monoisotopic (exact) mass is 438 g/mol. The Labute approximate surface area is 197 Å². The molecular formula is C29H46N2O. The van der Waals surface area contributed by atoms with E-state index in [1.165, 1.54) is 32.4 Å². The second-order valence-electron chi connectivity index (χ2n) is 8.21. The molecule has 0 aliphatic carbocycles. The summed E-state index contributed by atoms with van der Waals surface area (Å²) in [6.07, 6.45) is 37.8. The van der Waals surface area contributed by atoms with E-state index in [1.807, 2.05) is 0 Å². The highest BCUT2D eigenvalue weighted by molar-refractivity contribution is 5.75. The maximum atomic E-state index is 11.9. The maximum Gasteiger partial charge on any atom is 0.220 e. The lowest BCUT2D eigenvalue weighted by molar-refractivity contribution is -0.121. The van der Waals surface area contributed by atoms with Gasteiger partial charge in [-0.05, 0) is 70.9 Å². The third-order valence-corrected chi connectivity index (χ3v) is 5.33. The van der Waals surface area contributed by atoms with Gasteiger partial charge in [-0.1, -0.05) is 86.3 Å². The molecule has 1 rings (SSSR count). The molecule has 0 aromatic heterocycles. The summed E-state index contributed by atoms with van der Waals surface area (Å²) in [6, 6.07) is 0. The number of rotatable bonds is 17. The Morgan fingerprint density at radius 3 is 1.66 bits per heavy atom. The number of nitrogens with one attached hydrogen (secondary N) is 1. The molecule has 3 heteroatoms. The van der Waals surface area contributed by atoms with Gasteiger partial charge in [0.1, 0.15) is 0 Å². The smallest absolute Gasteiger partial charge is 0.220 e. The molecule has 0 atom stereocenters. The second kappa shape index (κ2) is 22.1. The zero-order valence-corrected chi connectivity index (χ0v) is 20.4. The SMILES string of the molecule is CCC=CCC=CCC=CCC=CCC=CCC=CCCC(=O)NCCN1CCCCC1. The van der Waals surface area contributed by atoms with Crippen molar-refractivity contribution < 1.29 is 4.79 Å². The summed E-state index contributed by atoms with van der Waals surface area (Å²) in [5.74, 6) is 0.168. The molecule has 3 nitrogen and oxygen atoms in total. The van der Waals surface area contributed by atoms with Crippen LogP contribution in [0, 0.1) is 0 Å². The molecule has 1 saturated heterocycles. The highest BCUT2D eigenvalue weighted by Crippen LogP contribution is 2.07. The van der Waals surface area contributed by atoms with Crippen molar-refractivity contribution >= 4 is 5.91 Å². The number of piperidine rings is 1. The van der Waals surface area contributed by atoms with Crippen molar-refractivity contribution in [1.82, 2.24) is 10.2 Å². The van der Waals surface area contributed by atoms with Gasteiger partial charge in [-0.15, -0.1) is 0 Å². The molecule has 0 spiro atoms. The Hall–Kier alpha value is -2.13. The summed E-state index contributed by atoms with van der Waals surface area (Å²) in [6.45, 7) is 6.31. The van der Waals surface area contributed by atoms with Crippen molar-refractivity contribution in [2.45, 2.75) is 77.6 Å². The molecule has 1 heterocycles. The average molecular weight is 439 g/mol. The molecule has 0 radical (unpaired) electrons. The first-order valence-corrected chi connectivity index (χ1v) is 12.7. The van der Waals surface area contributed by atoms with Crippen LogP contribution in [-0.2, 0) is 4.79 Å². The van der Waals surface area contributed by atoms with Crippen LogP contribution in [0.2, 0.25) is 0 Å². The molecule has 1 N–H and O–H groups in total. The second-order valence-corrected chi connectivity index (χ2v) is 8.21. The van der Waals surface area contributed by atoms with Crippen LogP contribution >= 0.6 is 0 Å². The lowest BCUT2D eigenvalue weighted by Gasteiger charge is -2.26. The van der Waals surface area contributed by atoms with E-state index in [-0.39, 0.29) is 5.91 Å². The third-order valence-electron chi connectivity index (χ3n) is 5.33. The van der Waals surface area contributed by atoms with Crippen molar-refractivity contribution in [1.29, 1.82) is 0 Å². The largest absolute Gasteiger partial charge is 0.355 e. The summed E-state index contributed by atoms with van der Waals surface area (Å²) < 4.78 is 0. The Morgan fingerprint density at radius 2 is 1.16 bits per heavy atom. The van der Waals surface area contributed by atoms with E-state index in [1.54, 1.807) is 0 Å². The first-order chi connectivity index (χ1) is 15.8. The van der Waals surface area contributed by atoms with E-state index in [4.69, 9.17) is 0 Å². The third kappa shape index (κ3) is 18.6. The topological polar surface area (TPSA) is 32.3 Å². The van der Waals surface area contributed by atoms with Crippen molar-refractivity contribution in [3.63, 3.8) is 0 Å². The van der Waals surface area contributed by atoms with Crippen molar-refractivity contribution in [3.8, 4) is 0 Å². The van der Waals surface area contributed by atoms with Crippen molar-refractivity contribution in [2.75, 3.05) is 26.2 Å². The normalized spacial score (nSPS) is 16.2. The first kappa shape index (κ1) is 27.9. The fourth-order valence-corrected chi connectivity index (χ4v) is 3.48. The molecule has 0 aromatic carbocycles. The van der Waals surface area contributed by atoms with Crippen molar-refractivity contribution in [2.24, 2.45) is 0 Å². The molecule has 1 aliphatic heterocycles. The van der Waals surface area contributed by atoms with Crippen LogP contribution in [0.4, 0.5) is 0 Å². The van der Waals surface area contributed by atoms with Crippen LogP contribution in [0.5, 0.6) is 0 Å². The number of likely N-dealkylation sites (tertiary alicyclic amines) is 1. The van der Waals surface area contributed by atoms with Gasteiger partial charge in [0.25, 0.3) is 0 Å². The molecule has 0 saturated carbocycles. The number of carbonyl (C=O) groups excluding carboxylic acids is 1. The zero-order valence-electron chi connectivity index (χ0n) is 20.4. The standard InChI is InChI=1S/C29H46N2O/c1-2-3-4-5-6-7-8-9-10-11-12-13-14-15-16-17-18-19-21-24-29(32)30-25-28-31-26-22-20-23-27-31/h3-4,6-7,9-10,12-13,15-16,18-19H,2,5,8,11,14,17,20-28H2,1H3,(H,30,32). The van der Waals surface area contributed by atoms with E-state index in [2.05, 4.69) is 90.1 Å². The predicted molar refractivity (Wildman–Crippen MR) is 141 cm³/mol. The summed E-state index contributed by atoms with van der Waals surface area (Å²) in [5.41, 5.74) is 0. The van der Waals surface area contributed by atoms with Gasteiger partial charge in [0.15, 0.2) is 0 Å². The van der Waals surface area contributed by atoms with Crippen LogP contribution in [0.3, 0.4) is 0 Å². The Morgan fingerprint density at radius 1 is 0.688 bits per heavy atom. The molecule has 0 unspecified atom stereocenters. The number of hydrogen-bond acceptors (Lipinski definition) is 2. The number of amides is 1. The molecular weight excluding hydrogens is 392 g/mol. The molecule has 0 aromatic rings. The van der Waals surface area contributed by atoms with Crippen LogP contribution in [0.1, 0.15) is 77.6 Å². The molecule has 1 aliphatic rings. The maximum absolute atomic E-state index is 11.9. The fraction of sp³-hybridized carbons (Fsp3) is 0.552. The minimum Gasteiger partial charge on any atom is -0.355 e. The Balaban J connectivity index is 1.92. The summed E-state index contributed by atoms with van der Waals surface area (Å²) in [4.78, 5) is 14.3. The summed E-state index contributed by atoms with van der Waals surface area (Å²) in [5, 5.41) is 3.04. The number of nitrogens with zero attached hydrogens (tertiary/aromatic N) is 1. The Bertz CT molecular complexity index is 619. The summed E-state index contributed by atoms with van der Waals surface area (Å²) >= 11 is 0. The van der Waals surface area contributed by atoms with Gasteiger partial charge in [-0.2, -0.15) is 0 Å². The Kier molecular flexibility index (Phi) is 19.3. The zero-order chi connectivity index (χ0) is 23.0. The highest BCUT2D eigenvalue weighted by Gasteiger charge is 2.09. The van der Waals surface area contributed by atoms with E-state index < -0.39 is 0 Å². The first-order valence-electron chi connectivity index (χ1n) is 12.7. The van der Waals surface area contributed by atoms with Gasteiger partial charge in [0.2, 0.25) is 5.91 Å². The lowest BCUT2D eigenvalue weighted by Crippen LogP contribution is -2.37. The number of allylic oxidation sites excluding steroid dienone is 12. The summed E-state index contributed by atoms with van der Waals surface area (Å²) in [7, 11) is 0. The average Bonchev–Trinajstić information content (AvgIpc) is 2.81. The number of hydrogen-bond donors (Lipinski definition) is 1. The highest BCUT2D eigenvalue weighted by atomic mass is 16.1. The minimum absolute atomic E-state index is 0.168. The molecule has 1 fully saturated rings. The van der Waals surface area contributed by atoms with E-state index in [0.29, 0.717) is 6.42 Å². The van der Waals surface area contributed by atoms with E-state index in [0.717, 1.165) is 58.0 Å². The molecule has 0 bridgehead atoms. The van der Waals surface area contributed by atoms with Crippen LogP contribution in [0.25, 0.3) is 0 Å². The quantitative estimate of drug-likeness (QED) is 0.246. The molecule has 32 heavy (non-hydrogen) atoms. The van der Waals surface area contributed by atoms with Gasteiger partial charge >= 0.3 is 0 Å². The van der Waals surface area contributed by atoms with Gasteiger partial charge in [-0.3, -0.25) is 4.79 Å². The van der Waals surface area contributed by atoms with Gasteiger partial charge in [0.05, 0.1) is 0 Å². The minimum atomic E-state index is 0.168. The molecule has 178 valence electrons. The lowest BCUT2D eigenvalue weighted by atomic mass is 10.1. The van der Waals surface area contributed by atoms with E-state index in [9.17, 15) is 4.79 Å². The van der Waals surface area contributed by atoms with Gasteiger partial charge in [0, 0.05) is 19.5 Å². The van der Waals surface area contributed by atoms with Gasteiger partial charge in [-0.25, -0.2) is 0 Å². The van der Waals surface area contributed by atoms with Crippen molar-refractivity contribution in [3.05, 3.63) is 72.9 Å². The predicted octanol–water partition coefficient (Wildman–Crippen LogP) is 7.07. The van der Waals surface area contributed by atoms with Crippen LogP contribution in [0.15, 0.2) is 72.9 Å². The number of carbonyl (C=O) groups is 1. The van der Waals surface area contributed by atoms with Gasteiger partial charge < -0.3 is 10.2 Å². The fourth-order valence-electron chi connectivity index (χ4n) is 3.48. The molecule has 1 amide bonds. The van der Waals surface area contributed by atoms with E-state index >= 15 is 0 Å². The van der Waals surface area contributed by atoms with Crippen LogP contribution in [-0.4, -0.2) is 37.0 Å². The van der Waals surface area contributed by atoms with Crippen LogP contribution < -0.4 is 5.32 Å².